The lowest BCUT2D eigenvalue weighted by molar-refractivity contribution is -0.952. The number of carbonyl (C=O) groups is 1. The molecule has 32 heavy (non-hydrogen) atoms. The molecule has 2 bridgehead atoms. The monoisotopic (exact) mass is 499 g/mol. The largest absolute Gasteiger partial charge is 0.501 e. The van der Waals surface area contributed by atoms with Gasteiger partial charge >= 0.3 is 14.8 Å². The van der Waals surface area contributed by atoms with Crippen molar-refractivity contribution in [1.29, 1.82) is 0 Å². The Labute approximate surface area is 193 Å². The van der Waals surface area contributed by atoms with Crippen LogP contribution in [0.25, 0.3) is 0 Å². The molecule has 0 saturated carbocycles. The van der Waals surface area contributed by atoms with Crippen molar-refractivity contribution in [2.75, 3.05) is 99.1 Å². The van der Waals surface area contributed by atoms with Crippen LogP contribution in [0.5, 0.6) is 0 Å². The number of aliphatic carboxylic acids is 1. The van der Waals surface area contributed by atoms with E-state index in [2.05, 4.69) is 11.9 Å². The molecule has 3 fully saturated rings. The van der Waals surface area contributed by atoms with Gasteiger partial charge in [0.25, 0.3) is 10.1 Å². The van der Waals surface area contributed by atoms with Crippen molar-refractivity contribution >= 4 is 24.9 Å². The highest BCUT2D eigenvalue weighted by atomic mass is 32.2. The lowest BCUT2D eigenvalue weighted by Gasteiger charge is -2.40. The first-order valence-corrected chi connectivity index (χ1v) is 14.8. The Hall–Kier alpha value is -0.643. The zero-order valence-electron chi connectivity index (χ0n) is 19.7. The minimum absolute atomic E-state index is 0.0214. The molecule has 3 aliphatic rings. The van der Waals surface area contributed by atoms with E-state index in [4.69, 9.17) is 22.9 Å². The summed E-state index contributed by atoms with van der Waals surface area (Å²) in [5.41, 5.74) is 0. The number of hydrogen-bond donors (Lipinski definition) is 2. The highest BCUT2D eigenvalue weighted by molar-refractivity contribution is 7.85. The summed E-state index contributed by atoms with van der Waals surface area (Å²) in [4.78, 5) is 13.4. The number of fused-ring (bicyclic) bond motifs is 6. The molecule has 0 aromatic rings. The maximum atomic E-state index is 11.2. The first-order valence-electron chi connectivity index (χ1n) is 11.3. The van der Waals surface area contributed by atoms with Crippen molar-refractivity contribution in [3.05, 3.63) is 0 Å². The first kappa shape index (κ1) is 27.6. The third-order valence-corrected chi connectivity index (χ3v) is 9.98. The van der Waals surface area contributed by atoms with Crippen molar-refractivity contribution in [3.8, 4) is 0 Å². The number of rotatable bonds is 13. The number of carboxylic acid groups (broad SMARTS) is 1. The van der Waals surface area contributed by atoms with Crippen LogP contribution in [0.2, 0.25) is 6.04 Å². The molecule has 2 N–H and O–H groups in total. The van der Waals surface area contributed by atoms with E-state index >= 15 is 0 Å². The molecule has 11 nitrogen and oxygen atoms in total. The molecule has 0 radical (unpaired) electrons. The SMILES string of the molecule is C[N+](C)(CC[N+](C)(CCC[Si]12OCCN(CCO1)CCO2)CCCS(=O)(=O)O)CC(=O)O. The van der Waals surface area contributed by atoms with Crippen molar-refractivity contribution in [2.24, 2.45) is 0 Å². The van der Waals surface area contributed by atoms with Gasteiger partial charge in [0.15, 0.2) is 6.54 Å². The molecule has 1 unspecified atom stereocenters. The Morgan fingerprint density at radius 2 is 1.47 bits per heavy atom. The fraction of sp³-hybridized carbons (Fsp3) is 0.947. The van der Waals surface area contributed by atoms with E-state index in [1.165, 1.54) is 0 Å². The summed E-state index contributed by atoms with van der Waals surface area (Å²) < 4.78 is 50.7. The van der Waals surface area contributed by atoms with Gasteiger partial charge in [-0.05, 0) is 0 Å². The van der Waals surface area contributed by atoms with E-state index in [9.17, 15) is 13.2 Å². The van der Waals surface area contributed by atoms with Crippen LogP contribution >= 0.6 is 0 Å². The summed E-state index contributed by atoms with van der Waals surface area (Å²) in [6.45, 7) is 7.16. The highest BCUT2D eigenvalue weighted by Gasteiger charge is 2.44. The van der Waals surface area contributed by atoms with Crippen LogP contribution in [-0.4, -0.2) is 146 Å². The normalized spacial score (nSPS) is 26.7. The third-order valence-electron chi connectivity index (χ3n) is 6.28. The average Bonchev–Trinajstić information content (AvgIpc) is 2.58. The number of nitrogens with zero attached hydrogens (tertiary/aromatic N) is 3. The van der Waals surface area contributed by atoms with E-state index in [0.29, 0.717) is 60.9 Å². The van der Waals surface area contributed by atoms with E-state index in [-0.39, 0.29) is 12.3 Å². The van der Waals surface area contributed by atoms with Crippen LogP contribution in [-0.2, 0) is 28.2 Å². The molecular weight excluding hydrogens is 458 g/mol. The highest BCUT2D eigenvalue weighted by Crippen LogP contribution is 2.23. The molecule has 3 heterocycles. The summed E-state index contributed by atoms with van der Waals surface area (Å²) in [5.74, 6) is -1.13. The van der Waals surface area contributed by atoms with Crippen LogP contribution in [0.1, 0.15) is 12.8 Å². The van der Waals surface area contributed by atoms with Crippen LogP contribution in [0.3, 0.4) is 0 Å². The molecule has 0 amide bonds. The minimum atomic E-state index is -4.01. The Balaban J connectivity index is 1.98. The zero-order chi connectivity index (χ0) is 23.9. The Bertz CT molecular complexity index is 697. The first-order chi connectivity index (χ1) is 14.8. The van der Waals surface area contributed by atoms with Crippen LogP contribution in [0, 0.1) is 0 Å². The predicted molar refractivity (Wildman–Crippen MR) is 121 cm³/mol. The van der Waals surface area contributed by atoms with Gasteiger partial charge in [0, 0.05) is 38.5 Å². The van der Waals surface area contributed by atoms with Gasteiger partial charge in [-0.25, -0.2) is 4.79 Å². The van der Waals surface area contributed by atoms with Gasteiger partial charge in [0.2, 0.25) is 0 Å². The quantitative estimate of drug-likeness (QED) is 0.198. The fourth-order valence-electron chi connectivity index (χ4n) is 4.27. The number of carboxylic acids is 1. The lowest BCUT2D eigenvalue weighted by atomic mass is 10.2. The molecule has 0 spiro atoms. The Morgan fingerprint density at radius 1 is 0.938 bits per heavy atom. The second-order valence-corrected chi connectivity index (χ2v) is 14.1. The van der Waals surface area contributed by atoms with Gasteiger partial charge in [-0.2, -0.15) is 8.42 Å². The predicted octanol–water partition coefficient (Wildman–Crippen LogP) is -0.420. The second kappa shape index (κ2) is 11.7. The number of quaternary nitrogens is 2. The second-order valence-electron chi connectivity index (χ2n) is 9.81. The maximum Gasteiger partial charge on any atom is 0.501 e. The Morgan fingerprint density at radius 3 is 1.97 bits per heavy atom. The van der Waals surface area contributed by atoms with Crippen molar-refractivity contribution < 1.29 is 45.1 Å². The fourth-order valence-corrected chi connectivity index (χ4v) is 7.24. The average molecular weight is 500 g/mol. The standard InChI is InChI=1S/C19H39N3O8SSi/c1-21(2,18-19(23)24)11-12-22(3,9-4-16-31(25,26)27)10-5-17-32-28-13-6-20(7-14-29-32)8-15-30-32/h4-18H2,1-3H3/p+2. The molecule has 13 heteroatoms. The van der Waals surface area contributed by atoms with Crippen molar-refractivity contribution in [2.45, 2.75) is 18.9 Å². The number of likely N-dealkylation sites (N-methyl/N-ethyl adjacent to an activating group) is 2. The van der Waals surface area contributed by atoms with Crippen LogP contribution < -0.4 is 0 Å². The van der Waals surface area contributed by atoms with Crippen molar-refractivity contribution in [3.63, 3.8) is 0 Å². The van der Waals surface area contributed by atoms with Gasteiger partial charge in [-0.1, -0.05) is 0 Å². The molecule has 3 saturated heterocycles. The van der Waals surface area contributed by atoms with Gasteiger partial charge < -0.3 is 27.4 Å². The van der Waals surface area contributed by atoms with E-state index in [0.717, 1.165) is 32.6 Å². The number of hydrogen-bond acceptors (Lipinski definition) is 7. The van der Waals surface area contributed by atoms with E-state index in [1.807, 2.05) is 14.1 Å². The van der Waals surface area contributed by atoms with Gasteiger partial charge in [0.05, 0.1) is 59.8 Å². The van der Waals surface area contributed by atoms with Crippen molar-refractivity contribution in [1.82, 2.24) is 4.90 Å². The molecule has 188 valence electrons. The van der Waals surface area contributed by atoms with E-state index in [1.54, 1.807) is 0 Å². The molecule has 3 rings (SSSR count). The smallest absolute Gasteiger partial charge is 0.477 e. The molecule has 1 atom stereocenters. The molecule has 0 aliphatic carbocycles. The van der Waals surface area contributed by atoms with Gasteiger partial charge in [-0.3, -0.25) is 9.45 Å². The van der Waals surface area contributed by atoms with Gasteiger partial charge in [0.1, 0.15) is 13.1 Å². The maximum absolute atomic E-state index is 11.2. The van der Waals surface area contributed by atoms with Crippen LogP contribution in [0.15, 0.2) is 0 Å². The Kier molecular flexibility index (Phi) is 10.1. The summed E-state index contributed by atoms with van der Waals surface area (Å²) in [5, 5.41) is 9.17. The lowest BCUT2D eigenvalue weighted by Crippen LogP contribution is -2.57. The zero-order valence-corrected chi connectivity index (χ0v) is 21.5. The summed E-state index contributed by atoms with van der Waals surface area (Å²) in [7, 11) is -0.921. The molecule has 0 aromatic heterocycles. The third kappa shape index (κ3) is 10.1. The molecular formula is C19H41N3O8SSi+2. The summed E-state index contributed by atoms with van der Waals surface area (Å²) in [6, 6.07) is 0.701. The summed E-state index contributed by atoms with van der Waals surface area (Å²) >= 11 is 0. The molecule has 3 aliphatic heterocycles. The topological polar surface area (TPSA) is 123 Å². The van der Waals surface area contributed by atoms with Crippen LogP contribution in [0.4, 0.5) is 0 Å². The van der Waals surface area contributed by atoms with E-state index < -0.39 is 24.9 Å². The summed E-state index contributed by atoms with van der Waals surface area (Å²) in [6.07, 6.45) is 1.13. The molecule has 0 aromatic carbocycles. The minimum Gasteiger partial charge on any atom is -0.477 e. The van der Waals surface area contributed by atoms with Gasteiger partial charge in [-0.15, -0.1) is 0 Å².